The molecule has 0 radical (unpaired) electrons. The predicted octanol–water partition coefficient (Wildman–Crippen LogP) is 5.52. The number of benzene rings is 2. The predicted molar refractivity (Wildman–Crippen MR) is 120 cm³/mol. The smallest absolute Gasteiger partial charge is 0.155 e. The summed E-state index contributed by atoms with van der Waals surface area (Å²) >= 11 is 0. The first kappa shape index (κ1) is 26.0. The average Bonchev–Trinajstić information content (AvgIpc) is 2.74. The molecule has 0 amide bonds. The monoisotopic (exact) mass is 593 g/mol. The summed E-state index contributed by atoms with van der Waals surface area (Å²) in [6.07, 6.45) is 2.96. The third-order valence-electron chi connectivity index (χ3n) is 3.96. The summed E-state index contributed by atoms with van der Waals surface area (Å²) in [5.74, 6) is -0.0625. The van der Waals surface area contributed by atoms with Gasteiger partial charge in [0.05, 0.1) is 12.3 Å². The second-order valence-corrected chi connectivity index (χ2v) is 6.62. The van der Waals surface area contributed by atoms with E-state index in [2.05, 4.69) is 21.2 Å². The summed E-state index contributed by atoms with van der Waals surface area (Å²) in [6.45, 7) is 11.0. The Labute approximate surface area is 197 Å². The van der Waals surface area contributed by atoms with Crippen molar-refractivity contribution in [2.24, 2.45) is 0 Å². The van der Waals surface area contributed by atoms with Crippen LogP contribution in [0.4, 0.5) is 5.69 Å². The van der Waals surface area contributed by atoms with Gasteiger partial charge in [-0.25, -0.2) is 0 Å². The molecule has 1 heterocycles. The molecule has 3 aromatic rings. The van der Waals surface area contributed by atoms with Crippen LogP contribution in [0, 0.1) is 12.6 Å². The van der Waals surface area contributed by atoms with Crippen molar-refractivity contribution in [1.82, 2.24) is 10.3 Å². The van der Waals surface area contributed by atoms with E-state index in [1.54, 1.807) is 6.20 Å². The maximum absolute atomic E-state index is 10.0. The summed E-state index contributed by atoms with van der Waals surface area (Å²) in [5, 5.41) is 11.5. The second kappa shape index (κ2) is 13.3. The number of aliphatic hydroxyl groups excluding tert-OH is 1. The molecule has 0 aliphatic carbocycles. The fraction of sp³-hybridized carbons (Fsp3) is 0.160. The van der Waals surface area contributed by atoms with Crippen molar-refractivity contribution in [1.29, 1.82) is 0 Å². The van der Waals surface area contributed by atoms with Gasteiger partial charge in [0.1, 0.15) is 5.69 Å². The van der Waals surface area contributed by atoms with Gasteiger partial charge in [0.2, 0.25) is 0 Å². The van der Waals surface area contributed by atoms with E-state index in [0.29, 0.717) is 5.69 Å². The molecule has 0 fully saturated rings. The van der Waals surface area contributed by atoms with E-state index in [1.165, 1.54) is 19.9 Å². The van der Waals surface area contributed by atoms with Crippen molar-refractivity contribution < 1.29 is 31.0 Å². The molecule has 5 nitrogen and oxygen atoms in total. The van der Waals surface area contributed by atoms with Gasteiger partial charge < -0.3 is 10.4 Å². The van der Waals surface area contributed by atoms with Crippen molar-refractivity contribution in [3.8, 4) is 22.4 Å². The largest absolute Gasteiger partial charge is 0.512 e. The van der Waals surface area contributed by atoms with E-state index in [9.17, 15) is 4.79 Å². The molecule has 0 aliphatic rings. The van der Waals surface area contributed by atoms with Crippen LogP contribution in [0.2, 0.25) is 0 Å². The Morgan fingerprint density at radius 2 is 1.84 bits per heavy atom. The second-order valence-electron chi connectivity index (χ2n) is 6.62. The minimum Gasteiger partial charge on any atom is -0.512 e. The van der Waals surface area contributed by atoms with Crippen LogP contribution in [0.3, 0.4) is 0 Å². The van der Waals surface area contributed by atoms with Gasteiger partial charge in [0.25, 0.3) is 0 Å². The number of carbonyl (C=O) groups excluding carboxylic acids is 1. The maximum Gasteiger partial charge on any atom is 0.155 e. The molecule has 31 heavy (non-hydrogen) atoms. The number of rotatable bonds is 5. The Hall–Kier alpha value is -3.06. The van der Waals surface area contributed by atoms with Crippen LogP contribution in [0.25, 0.3) is 27.2 Å². The number of allylic oxidation sites excluding steroid dienone is 2. The summed E-state index contributed by atoms with van der Waals surface area (Å²) in [7, 11) is 1.92. The standard InChI is InChI=1S/C20H16N3.C5H8O2.Pt/c1-21-14-15-8-9-23-20(10-15)18-11-17(12-19(13-18)22-2)16-6-4-3-5-7-16;1-4(6)3-5(2)7;/h3-10,12-13,21H,14H2,1H3;3,6H,1-2H3;/q-1;;/b;4-3-;. The first-order valence-electron chi connectivity index (χ1n) is 9.41. The topological polar surface area (TPSA) is 66.6 Å². The number of aliphatic hydroxyl groups is 1. The first-order valence-corrected chi connectivity index (χ1v) is 9.41. The number of carbonyl (C=O) groups is 1. The van der Waals surface area contributed by atoms with Crippen LogP contribution in [0.15, 0.2) is 72.6 Å². The normalized spacial score (nSPS) is 10.2. The molecule has 0 aliphatic heterocycles. The molecule has 0 bridgehead atoms. The molecule has 0 atom stereocenters. The average molecular weight is 594 g/mol. The molecule has 162 valence electrons. The number of hydrogen-bond acceptors (Lipinski definition) is 4. The van der Waals surface area contributed by atoms with Crippen LogP contribution in [-0.4, -0.2) is 22.9 Å². The summed E-state index contributed by atoms with van der Waals surface area (Å²) in [6, 6.07) is 21.1. The third kappa shape index (κ3) is 8.68. The molecule has 0 saturated carbocycles. The van der Waals surface area contributed by atoms with E-state index in [4.69, 9.17) is 11.7 Å². The van der Waals surface area contributed by atoms with Gasteiger partial charge in [0, 0.05) is 45.6 Å². The SMILES string of the molecule is CC(=O)/C=C(/C)O.[C-]#[N+]c1cc(-c2ccccc2)[c-]c(-c2cc(CNC)ccn2)c1.[Pt]. The minimum atomic E-state index is -0.125. The van der Waals surface area contributed by atoms with Crippen molar-refractivity contribution in [2.75, 3.05) is 7.05 Å². The van der Waals surface area contributed by atoms with Gasteiger partial charge in [-0.05, 0) is 32.5 Å². The quantitative estimate of drug-likeness (QED) is 0.232. The van der Waals surface area contributed by atoms with Crippen LogP contribution < -0.4 is 5.32 Å². The Morgan fingerprint density at radius 3 is 2.39 bits per heavy atom. The molecule has 2 N–H and O–H groups in total. The number of nitrogens with zero attached hydrogens (tertiary/aromatic N) is 2. The summed E-state index contributed by atoms with van der Waals surface area (Å²) in [5.41, 5.74) is 5.38. The zero-order valence-corrected chi connectivity index (χ0v) is 19.9. The maximum atomic E-state index is 10.0. The van der Waals surface area contributed by atoms with E-state index in [0.717, 1.165) is 34.5 Å². The summed E-state index contributed by atoms with van der Waals surface area (Å²) in [4.78, 5) is 18.0. The van der Waals surface area contributed by atoms with E-state index in [-0.39, 0.29) is 32.6 Å². The van der Waals surface area contributed by atoms with Crippen molar-refractivity contribution in [3.05, 3.63) is 95.7 Å². The molecule has 1 aromatic heterocycles. The van der Waals surface area contributed by atoms with Gasteiger partial charge in [-0.1, -0.05) is 42.0 Å². The fourth-order valence-electron chi connectivity index (χ4n) is 2.76. The van der Waals surface area contributed by atoms with E-state index < -0.39 is 0 Å². The molecule has 0 unspecified atom stereocenters. The molecule has 2 aromatic carbocycles. The van der Waals surface area contributed by atoms with Gasteiger partial charge in [-0.15, -0.1) is 29.3 Å². The van der Waals surface area contributed by atoms with Crippen LogP contribution in [0.1, 0.15) is 19.4 Å². The van der Waals surface area contributed by atoms with Gasteiger partial charge >= 0.3 is 0 Å². The molecule has 0 saturated heterocycles. The number of nitrogens with one attached hydrogen (secondary N) is 1. The third-order valence-corrected chi connectivity index (χ3v) is 3.96. The molecule has 0 spiro atoms. The molecule has 6 heteroatoms. The molecular weight excluding hydrogens is 569 g/mol. The minimum absolute atomic E-state index is 0. The Balaban J connectivity index is 0.000000523. The van der Waals surface area contributed by atoms with E-state index in [1.807, 2.05) is 61.6 Å². The van der Waals surface area contributed by atoms with Crippen molar-refractivity contribution >= 4 is 11.5 Å². The van der Waals surface area contributed by atoms with Crippen LogP contribution >= 0.6 is 0 Å². The van der Waals surface area contributed by atoms with Crippen molar-refractivity contribution in [2.45, 2.75) is 20.4 Å². The zero-order chi connectivity index (χ0) is 21.9. The molecular formula is C25H24N3O2Pt-. The van der Waals surface area contributed by atoms with E-state index >= 15 is 0 Å². The van der Waals surface area contributed by atoms with Crippen LogP contribution in [-0.2, 0) is 32.4 Å². The number of aromatic nitrogens is 1. The zero-order valence-electron chi connectivity index (χ0n) is 17.6. The van der Waals surface area contributed by atoms with Gasteiger partial charge in [-0.2, -0.15) is 0 Å². The molecule has 3 rings (SSSR count). The van der Waals surface area contributed by atoms with Crippen LogP contribution in [0.5, 0.6) is 0 Å². The Morgan fingerprint density at radius 1 is 1.16 bits per heavy atom. The van der Waals surface area contributed by atoms with Gasteiger partial charge in [0.15, 0.2) is 5.78 Å². The first-order chi connectivity index (χ1) is 14.4. The number of pyridine rings is 1. The fourth-order valence-corrected chi connectivity index (χ4v) is 2.76. The number of hydrogen-bond donors (Lipinski definition) is 2. The Kier molecular flexibility index (Phi) is 11.1. The number of ketones is 1. The Bertz CT molecular complexity index is 1070. The van der Waals surface area contributed by atoms with Gasteiger partial charge in [-0.3, -0.25) is 14.6 Å². The summed E-state index contributed by atoms with van der Waals surface area (Å²) < 4.78 is 0. The van der Waals surface area contributed by atoms with Crippen molar-refractivity contribution in [3.63, 3.8) is 0 Å².